The predicted molar refractivity (Wildman–Crippen MR) is 122 cm³/mol. The number of nitrogens with one attached hydrogen (secondary N) is 1. The molecule has 3 aliphatic rings. The molecule has 2 aliphatic carbocycles. The van der Waals surface area contributed by atoms with Crippen LogP contribution in [-0.4, -0.2) is 30.8 Å². The molecule has 1 aromatic rings. The lowest BCUT2D eigenvalue weighted by Crippen LogP contribution is -2.41. The molecule has 5 nitrogen and oxygen atoms in total. The second-order valence-electron chi connectivity index (χ2n) is 10.7. The summed E-state index contributed by atoms with van der Waals surface area (Å²) in [6, 6.07) is 8.89. The normalized spacial score (nSPS) is 28.4. The number of hydrogen-bond donors (Lipinski definition) is 1. The highest BCUT2D eigenvalue weighted by Crippen LogP contribution is 2.50. The molecule has 2 fully saturated rings. The fourth-order valence-electron chi connectivity index (χ4n) is 5.52. The molecule has 1 aliphatic heterocycles. The highest BCUT2D eigenvalue weighted by Gasteiger charge is 2.52. The summed E-state index contributed by atoms with van der Waals surface area (Å²) in [4.78, 5) is 12.1. The first kappa shape index (κ1) is 22.4. The third-order valence-corrected chi connectivity index (χ3v) is 8.19. The maximum Gasteiger partial charge on any atom is 0.494 e. The minimum atomic E-state index is -0.322. The van der Waals surface area contributed by atoms with Gasteiger partial charge in [0.15, 0.2) is 0 Å². The highest BCUT2D eigenvalue weighted by atomic mass is 16.7. The van der Waals surface area contributed by atoms with Crippen molar-refractivity contribution in [2.45, 2.75) is 95.7 Å². The van der Waals surface area contributed by atoms with Gasteiger partial charge in [-0.25, -0.2) is 0 Å². The Balaban J connectivity index is 1.39. The monoisotopic (exact) mass is 422 g/mol. The van der Waals surface area contributed by atoms with Crippen LogP contribution in [0.25, 0.3) is 0 Å². The molecule has 1 spiro atoms. The van der Waals surface area contributed by atoms with Crippen LogP contribution in [0.15, 0.2) is 18.2 Å². The molecule has 1 saturated heterocycles. The Bertz CT molecular complexity index is 865. The van der Waals surface area contributed by atoms with Crippen molar-refractivity contribution in [2.75, 3.05) is 6.54 Å². The van der Waals surface area contributed by atoms with E-state index in [1.807, 2.05) is 0 Å². The molecule has 1 N–H and O–H groups in total. The topological polar surface area (TPSA) is 71.3 Å². The molecule has 1 aromatic carbocycles. The van der Waals surface area contributed by atoms with E-state index in [1.54, 1.807) is 0 Å². The summed E-state index contributed by atoms with van der Waals surface area (Å²) in [6.07, 6.45) is 7.81. The van der Waals surface area contributed by atoms with Crippen LogP contribution < -0.4 is 10.8 Å². The van der Waals surface area contributed by atoms with E-state index in [0.717, 1.165) is 37.6 Å². The largest absolute Gasteiger partial charge is 0.494 e. The van der Waals surface area contributed by atoms with E-state index in [9.17, 15) is 4.79 Å². The van der Waals surface area contributed by atoms with Gasteiger partial charge in [0.1, 0.15) is 0 Å². The Morgan fingerprint density at radius 2 is 1.84 bits per heavy atom. The number of carbonyl (C=O) groups is 1. The summed E-state index contributed by atoms with van der Waals surface area (Å²) in [6.45, 7) is 8.84. The quantitative estimate of drug-likeness (QED) is 0.579. The van der Waals surface area contributed by atoms with Gasteiger partial charge < -0.3 is 14.6 Å². The van der Waals surface area contributed by atoms with Gasteiger partial charge in [-0.15, -0.1) is 0 Å². The average molecular weight is 422 g/mol. The number of nitrogens with zero attached hydrogens (tertiary/aromatic N) is 1. The van der Waals surface area contributed by atoms with Crippen molar-refractivity contribution in [3.05, 3.63) is 29.3 Å². The fraction of sp³-hybridized carbons (Fsp3) is 0.680. The molecule has 0 atom stereocenters. The Kier molecular flexibility index (Phi) is 5.96. The Morgan fingerprint density at radius 3 is 2.48 bits per heavy atom. The lowest BCUT2D eigenvalue weighted by Gasteiger charge is -2.38. The van der Waals surface area contributed by atoms with Gasteiger partial charge in [0, 0.05) is 13.0 Å². The van der Waals surface area contributed by atoms with Gasteiger partial charge in [-0.3, -0.25) is 4.79 Å². The number of nitriles is 1. The Morgan fingerprint density at radius 1 is 1.16 bits per heavy atom. The zero-order chi connectivity index (χ0) is 22.3. The summed E-state index contributed by atoms with van der Waals surface area (Å²) in [5.74, 6) is 0.552. The third-order valence-electron chi connectivity index (χ3n) is 8.19. The Labute approximate surface area is 187 Å². The summed E-state index contributed by atoms with van der Waals surface area (Å²) in [5, 5.41) is 11.5. The zero-order valence-corrected chi connectivity index (χ0v) is 19.4. The van der Waals surface area contributed by atoms with Crippen molar-refractivity contribution in [1.82, 2.24) is 5.32 Å². The number of benzene rings is 1. The summed E-state index contributed by atoms with van der Waals surface area (Å²) >= 11 is 0. The maximum absolute atomic E-state index is 12.1. The number of fused-ring (bicyclic) bond motifs is 2. The van der Waals surface area contributed by atoms with E-state index in [-0.39, 0.29) is 29.6 Å². The van der Waals surface area contributed by atoms with Crippen LogP contribution in [0.1, 0.15) is 83.8 Å². The van der Waals surface area contributed by atoms with Crippen LogP contribution in [0.3, 0.4) is 0 Å². The van der Waals surface area contributed by atoms with E-state index in [4.69, 9.17) is 14.6 Å². The molecule has 1 amide bonds. The second-order valence-corrected chi connectivity index (χ2v) is 10.7. The number of amides is 1. The first-order chi connectivity index (χ1) is 14.7. The first-order valence-electron chi connectivity index (χ1n) is 11.8. The van der Waals surface area contributed by atoms with Gasteiger partial charge in [0.2, 0.25) is 5.91 Å². The molecule has 4 rings (SSSR count). The highest BCUT2D eigenvalue weighted by molar-refractivity contribution is 6.62. The fourth-order valence-corrected chi connectivity index (χ4v) is 5.52. The van der Waals surface area contributed by atoms with Crippen molar-refractivity contribution in [1.29, 1.82) is 5.26 Å². The average Bonchev–Trinajstić information content (AvgIpc) is 3.17. The number of carbonyl (C=O) groups excluding carboxylic acids is 1. The summed E-state index contributed by atoms with van der Waals surface area (Å²) in [7, 11) is -0.304. The van der Waals surface area contributed by atoms with Crippen molar-refractivity contribution < 1.29 is 14.1 Å². The van der Waals surface area contributed by atoms with Crippen molar-refractivity contribution in [3.63, 3.8) is 0 Å². The molecule has 0 bridgehead atoms. The molecular formula is C25H35BN2O3. The minimum Gasteiger partial charge on any atom is -0.399 e. The van der Waals surface area contributed by atoms with Crippen molar-refractivity contribution >= 4 is 18.5 Å². The number of rotatable bonds is 5. The first-order valence-corrected chi connectivity index (χ1v) is 11.8. The molecular weight excluding hydrogens is 387 g/mol. The molecule has 6 heteroatoms. The van der Waals surface area contributed by atoms with Crippen molar-refractivity contribution in [3.8, 4) is 6.07 Å². The van der Waals surface area contributed by atoms with E-state index in [1.165, 1.54) is 17.5 Å². The molecule has 1 saturated carbocycles. The smallest absolute Gasteiger partial charge is 0.399 e. The van der Waals surface area contributed by atoms with Crippen LogP contribution in [0.5, 0.6) is 0 Å². The van der Waals surface area contributed by atoms with E-state index in [2.05, 4.69) is 57.3 Å². The van der Waals surface area contributed by atoms with E-state index in [0.29, 0.717) is 25.3 Å². The van der Waals surface area contributed by atoms with E-state index >= 15 is 0 Å². The maximum atomic E-state index is 12.1. The minimum absolute atomic E-state index is 0.0927. The van der Waals surface area contributed by atoms with Gasteiger partial charge in [0.25, 0.3) is 0 Å². The van der Waals surface area contributed by atoms with Gasteiger partial charge in [-0.05, 0) is 94.1 Å². The third kappa shape index (κ3) is 4.27. The predicted octanol–water partition coefficient (Wildman–Crippen LogP) is 3.78. The van der Waals surface area contributed by atoms with Crippen LogP contribution in [0.2, 0.25) is 0 Å². The van der Waals surface area contributed by atoms with E-state index < -0.39 is 0 Å². The molecule has 1 heterocycles. The second kappa shape index (κ2) is 8.26. The molecule has 0 aromatic heterocycles. The van der Waals surface area contributed by atoms with Gasteiger partial charge in [-0.2, -0.15) is 5.26 Å². The molecule has 0 radical (unpaired) electrons. The number of hydrogen-bond acceptors (Lipinski definition) is 4. The number of aryl methyl sites for hydroxylation is 1. The summed E-state index contributed by atoms with van der Waals surface area (Å²) in [5.41, 5.74) is 3.70. The van der Waals surface area contributed by atoms with Crippen LogP contribution in [-0.2, 0) is 25.9 Å². The van der Waals surface area contributed by atoms with Crippen LogP contribution in [0, 0.1) is 17.2 Å². The van der Waals surface area contributed by atoms with Crippen molar-refractivity contribution in [2.24, 2.45) is 5.92 Å². The molecule has 0 unspecified atom stereocenters. The lowest BCUT2D eigenvalue weighted by molar-refractivity contribution is -0.122. The SMILES string of the molecule is CC1(C)OB(c2ccc3c(c2)CCC32CCC(CC(=O)NCCC#N)CC2)OC1(C)C. The molecule has 166 valence electrons. The summed E-state index contributed by atoms with van der Waals surface area (Å²) < 4.78 is 12.5. The zero-order valence-electron chi connectivity index (χ0n) is 19.4. The van der Waals surface area contributed by atoms with Crippen LogP contribution in [0.4, 0.5) is 0 Å². The van der Waals surface area contributed by atoms with Gasteiger partial charge in [0.05, 0.1) is 23.7 Å². The molecule has 31 heavy (non-hydrogen) atoms. The lowest BCUT2D eigenvalue weighted by atomic mass is 9.66. The van der Waals surface area contributed by atoms with Gasteiger partial charge in [-0.1, -0.05) is 18.2 Å². The Hall–Kier alpha value is -1.84. The van der Waals surface area contributed by atoms with Gasteiger partial charge >= 0.3 is 7.12 Å². The standard InChI is InChI=1S/C25H35BN2O3/c1-23(2)24(3,4)31-26(30-23)20-6-7-21-19(17-20)10-13-25(21)11-8-18(9-12-25)16-22(29)28-15-5-14-27/h6-7,17-18H,5,8-13,15-16H2,1-4H3,(H,28,29). The van der Waals surface area contributed by atoms with Crippen LogP contribution >= 0.6 is 0 Å².